The van der Waals surface area contributed by atoms with E-state index in [9.17, 15) is 0 Å². The first-order chi connectivity index (χ1) is 11.0. The fourth-order valence-corrected chi connectivity index (χ4v) is 2.64. The molecule has 0 saturated carbocycles. The molecule has 1 saturated heterocycles. The molecule has 144 valence electrons. The molecule has 24 heavy (non-hydrogen) atoms. The highest BCUT2D eigenvalue weighted by molar-refractivity contribution is 14.0. The van der Waals surface area contributed by atoms with Gasteiger partial charge in [0, 0.05) is 45.4 Å². The van der Waals surface area contributed by atoms with Crippen LogP contribution >= 0.6 is 24.0 Å². The molecule has 0 spiro atoms. The fraction of sp³-hybridized carbons (Fsp3) is 0.941. The van der Waals surface area contributed by atoms with Gasteiger partial charge in [0.05, 0.1) is 19.8 Å². The SMILES string of the molecule is CN=C(NCCOCCC(C)C)NCC(C)N1CCOCC1C.I. The Morgan fingerprint density at radius 1 is 1.29 bits per heavy atom. The number of ether oxygens (including phenoxy) is 2. The van der Waals surface area contributed by atoms with Gasteiger partial charge in [0.15, 0.2) is 5.96 Å². The van der Waals surface area contributed by atoms with E-state index in [1.807, 2.05) is 0 Å². The quantitative estimate of drug-likeness (QED) is 0.241. The second-order valence-electron chi connectivity index (χ2n) is 6.69. The molecule has 2 N–H and O–H groups in total. The highest BCUT2D eigenvalue weighted by Crippen LogP contribution is 2.09. The van der Waals surface area contributed by atoms with Gasteiger partial charge in [-0.25, -0.2) is 0 Å². The number of rotatable bonds is 9. The van der Waals surface area contributed by atoms with Crippen molar-refractivity contribution in [1.29, 1.82) is 0 Å². The fourth-order valence-electron chi connectivity index (χ4n) is 2.64. The molecule has 0 amide bonds. The summed E-state index contributed by atoms with van der Waals surface area (Å²) in [6.45, 7) is 14.7. The first-order valence-electron chi connectivity index (χ1n) is 8.90. The van der Waals surface area contributed by atoms with Gasteiger partial charge in [-0.05, 0) is 26.2 Å². The van der Waals surface area contributed by atoms with Gasteiger partial charge in [0.1, 0.15) is 0 Å². The molecule has 0 aromatic carbocycles. The minimum absolute atomic E-state index is 0. The molecule has 0 aliphatic carbocycles. The monoisotopic (exact) mass is 456 g/mol. The molecule has 1 aliphatic rings. The summed E-state index contributed by atoms with van der Waals surface area (Å²) in [5, 5.41) is 6.69. The molecule has 0 bridgehead atoms. The molecule has 1 aliphatic heterocycles. The van der Waals surface area contributed by atoms with E-state index in [1.54, 1.807) is 7.05 Å². The van der Waals surface area contributed by atoms with Crippen molar-refractivity contribution in [3.63, 3.8) is 0 Å². The molecular weight excluding hydrogens is 419 g/mol. The molecule has 1 heterocycles. The van der Waals surface area contributed by atoms with Crippen LogP contribution in [0.4, 0.5) is 0 Å². The second kappa shape index (κ2) is 14.1. The predicted molar refractivity (Wildman–Crippen MR) is 112 cm³/mol. The lowest BCUT2D eigenvalue weighted by Crippen LogP contribution is -2.53. The van der Waals surface area contributed by atoms with Crippen LogP contribution in [0.3, 0.4) is 0 Å². The van der Waals surface area contributed by atoms with Crippen LogP contribution < -0.4 is 10.6 Å². The molecule has 0 aromatic heterocycles. The molecule has 2 atom stereocenters. The van der Waals surface area contributed by atoms with E-state index in [2.05, 4.69) is 48.2 Å². The zero-order chi connectivity index (χ0) is 17.1. The molecule has 1 rings (SSSR count). The zero-order valence-electron chi connectivity index (χ0n) is 16.0. The number of nitrogens with one attached hydrogen (secondary N) is 2. The van der Waals surface area contributed by atoms with Crippen LogP contribution in [0.1, 0.15) is 34.1 Å². The number of guanidine groups is 1. The van der Waals surface area contributed by atoms with Gasteiger partial charge in [-0.2, -0.15) is 0 Å². The third kappa shape index (κ3) is 10.0. The van der Waals surface area contributed by atoms with Crippen molar-refractivity contribution < 1.29 is 9.47 Å². The normalized spacial score (nSPS) is 20.6. The highest BCUT2D eigenvalue weighted by Gasteiger charge is 2.23. The zero-order valence-corrected chi connectivity index (χ0v) is 18.3. The van der Waals surface area contributed by atoms with Crippen molar-refractivity contribution in [3.8, 4) is 0 Å². The van der Waals surface area contributed by atoms with Crippen LogP contribution in [0.2, 0.25) is 0 Å². The Bertz CT molecular complexity index is 343. The third-order valence-corrected chi connectivity index (χ3v) is 4.15. The van der Waals surface area contributed by atoms with E-state index in [-0.39, 0.29) is 24.0 Å². The maximum Gasteiger partial charge on any atom is 0.191 e. The summed E-state index contributed by atoms with van der Waals surface area (Å²) < 4.78 is 11.1. The van der Waals surface area contributed by atoms with Crippen molar-refractivity contribution >= 4 is 29.9 Å². The summed E-state index contributed by atoms with van der Waals surface area (Å²) in [5.74, 6) is 1.53. The molecular formula is C17H37IN4O2. The highest BCUT2D eigenvalue weighted by atomic mass is 127. The van der Waals surface area contributed by atoms with Gasteiger partial charge in [0.2, 0.25) is 0 Å². The summed E-state index contributed by atoms with van der Waals surface area (Å²) in [6.07, 6.45) is 1.11. The van der Waals surface area contributed by atoms with Gasteiger partial charge in [-0.3, -0.25) is 9.89 Å². The molecule has 7 heteroatoms. The van der Waals surface area contributed by atoms with Gasteiger partial charge in [0.25, 0.3) is 0 Å². The van der Waals surface area contributed by atoms with Crippen molar-refractivity contribution in [2.75, 3.05) is 53.1 Å². The average molecular weight is 456 g/mol. The van der Waals surface area contributed by atoms with E-state index in [1.165, 1.54) is 0 Å². The largest absolute Gasteiger partial charge is 0.380 e. The number of hydrogen-bond acceptors (Lipinski definition) is 4. The lowest BCUT2D eigenvalue weighted by Gasteiger charge is -2.38. The first kappa shape index (κ1) is 23.9. The Balaban J connectivity index is 0.00000529. The Kier molecular flexibility index (Phi) is 14.0. The van der Waals surface area contributed by atoms with Crippen LogP contribution in [0.5, 0.6) is 0 Å². The Labute approximate surface area is 165 Å². The maximum atomic E-state index is 5.61. The van der Waals surface area contributed by atoms with Crippen molar-refractivity contribution in [2.45, 2.75) is 46.2 Å². The maximum absolute atomic E-state index is 5.61. The van der Waals surface area contributed by atoms with Crippen LogP contribution in [0.25, 0.3) is 0 Å². The third-order valence-electron chi connectivity index (χ3n) is 4.15. The Morgan fingerprint density at radius 3 is 2.67 bits per heavy atom. The number of hydrogen-bond donors (Lipinski definition) is 2. The Morgan fingerprint density at radius 2 is 2.04 bits per heavy atom. The van der Waals surface area contributed by atoms with Crippen LogP contribution in [0.15, 0.2) is 4.99 Å². The van der Waals surface area contributed by atoms with Crippen molar-refractivity contribution in [3.05, 3.63) is 0 Å². The number of morpholine rings is 1. The topological polar surface area (TPSA) is 58.1 Å². The summed E-state index contributed by atoms with van der Waals surface area (Å²) in [4.78, 5) is 6.75. The molecule has 1 fully saturated rings. The number of halogens is 1. The lowest BCUT2D eigenvalue weighted by molar-refractivity contribution is -0.0174. The minimum Gasteiger partial charge on any atom is -0.380 e. The summed E-state index contributed by atoms with van der Waals surface area (Å²) in [7, 11) is 1.80. The summed E-state index contributed by atoms with van der Waals surface area (Å²) >= 11 is 0. The van der Waals surface area contributed by atoms with E-state index in [4.69, 9.17) is 9.47 Å². The predicted octanol–water partition coefficient (Wildman–Crippen LogP) is 1.94. The number of nitrogens with zero attached hydrogens (tertiary/aromatic N) is 2. The summed E-state index contributed by atoms with van der Waals surface area (Å²) in [6, 6.07) is 0.930. The van der Waals surface area contributed by atoms with Crippen LogP contribution in [0, 0.1) is 5.92 Å². The van der Waals surface area contributed by atoms with Crippen molar-refractivity contribution in [2.24, 2.45) is 10.9 Å². The molecule has 0 radical (unpaired) electrons. The standard InChI is InChI=1S/C17H36N4O2.HI/c1-14(2)6-9-22-10-7-19-17(18-5)20-12-15(3)21-8-11-23-13-16(21)4;/h14-16H,6-13H2,1-5H3,(H2,18,19,20);1H. The number of aliphatic imine (C=N–C) groups is 1. The van der Waals surface area contributed by atoms with Crippen LogP contribution in [-0.4, -0.2) is 76.1 Å². The first-order valence-corrected chi connectivity index (χ1v) is 8.90. The van der Waals surface area contributed by atoms with Gasteiger partial charge >= 0.3 is 0 Å². The van der Waals surface area contributed by atoms with Gasteiger partial charge < -0.3 is 20.1 Å². The van der Waals surface area contributed by atoms with E-state index in [0.29, 0.717) is 24.6 Å². The molecule has 6 nitrogen and oxygen atoms in total. The van der Waals surface area contributed by atoms with E-state index >= 15 is 0 Å². The van der Waals surface area contributed by atoms with E-state index < -0.39 is 0 Å². The van der Waals surface area contributed by atoms with Gasteiger partial charge in [-0.1, -0.05) is 13.8 Å². The second-order valence-corrected chi connectivity index (χ2v) is 6.69. The lowest BCUT2D eigenvalue weighted by atomic mass is 10.1. The smallest absolute Gasteiger partial charge is 0.191 e. The van der Waals surface area contributed by atoms with Gasteiger partial charge in [-0.15, -0.1) is 24.0 Å². The van der Waals surface area contributed by atoms with E-state index in [0.717, 1.165) is 51.8 Å². The minimum atomic E-state index is 0. The average Bonchev–Trinajstić information content (AvgIpc) is 2.53. The van der Waals surface area contributed by atoms with Crippen molar-refractivity contribution in [1.82, 2.24) is 15.5 Å². The molecule has 2 unspecified atom stereocenters. The van der Waals surface area contributed by atoms with Crippen LogP contribution in [-0.2, 0) is 9.47 Å². The Hall–Kier alpha value is -0.120. The molecule has 0 aromatic rings. The summed E-state index contributed by atoms with van der Waals surface area (Å²) in [5.41, 5.74) is 0.